The van der Waals surface area contributed by atoms with Gasteiger partial charge in [-0.3, -0.25) is 0 Å². The van der Waals surface area contributed by atoms with Gasteiger partial charge in [0.2, 0.25) is 0 Å². The summed E-state index contributed by atoms with van der Waals surface area (Å²) in [6, 6.07) is 0. The van der Waals surface area contributed by atoms with E-state index in [1.807, 2.05) is 0 Å². The maximum atomic E-state index is 10.2. The molecule has 1 aliphatic carbocycles. The highest BCUT2D eigenvalue weighted by molar-refractivity contribution is 7.81. The minimum atomic E-state index is 0.0556. The Balaban J connectivity index is 2.39. The van der Waals surface area contributed by atoms with E-state index in [9.17, 15) is 4.79 Å². The fourth-order valence-corrected chi connectivity index (χ4v) is 1.96. The number of hydrogen-bond acceptors (Lipinski definition) is 2. The monoisotopic (exact) mass is 158 g/mol. The van der Waals surface area contributed by atoms with Crippen LogP contribution in [0.3, 0.4) is 0 Å². The van der Waals surface area contributed by atoms with Crippen molar-refractivity contribution >= 4 is 18.9 Å². The summed E-state index contributed by atoms with van der Waals surface area (Å²) in [5.41, 5.74) is 0. The highest BCUT2D eigenvalue weighted by atomic mass is 32.1. The van der Waals surface area contributed by atoms with Gasteiger partial charge < -0.3 is 4.79 Å². The minimum absolute atomic E-state index is 0.0556. The van der Waals surface area contributed by atoms with Crippen LogP contribution in [0.5, 0.6) is 0 Å². The molecule has 1 aliphatic rings. The molecule has 0 bridgehead atoms. The zero-order valence-corrected chi connectivity index (χ0v) is 7.07. The van der Waals surface area contributed by atoms with Crippen molar-refractivity contribution in [2.24, 2.45) is 0 Å². The van der Waals surface area contributed by atoms with Crippen molar-refractivity contribution in [2.45, 2.75) is 43.3 Å². The molecular formula is C8H14OS. The summed E-state index contributed by atoms with van der Waals surface area (Å²) in [4.78, 5) is 10.2. The normalized spacial score (nSPS) is 24.1. The van der Waals surface area contributed by atoms with E-state index in [-0.39, 0.29) is 4.75 Å². The molecule has 0 saturated heterocycles. The lowest BCUT2D eigenvalue weighted by Gasteiger charge is -2.30. The Labute approximate surface area is 67.6 Å². The predicted molar refractivity (Wildman–Crippen MR) is 45.5 cm³/mol. The first-order valence-corrected chi connectivity index (χ1v) is 4.38. The second kappa shape index (κ2) is 3.42. The molecule has 1 fully saturated rings. The van der Waals surface area contributed by atoms with Gasteiger partial charge in [0.05, 0.1) is 0 Å². The fraction of sp³-hybridized carbons (Fsp3) is 0.875. The van der Waals surface area contributed by atoms with Crippen LogP contribution in [0.4, 0.5) is 0 Å². The van der Waals surface area contributed by atoms with Crippen molar-refractivity contribution in [2.75, 3.05) is 0 Å². The largest absolute Gasteiger partial charge is 0.303 e. The number of carbonyl (C=O) groups excluding carboxylic acids is 1. The second-order valence-corrected chi connectivity index (χ2v) is 4.10. The number of carbonyl (C=O) groups is 1. The summed E-state index contributed by atoms with van der Waals surface area (Å²) in [6.07, 6.45) is 7.69. The lowest BCUT2D eigenvalue weighted by molar-refractivity contribution is -0.108. The Hall–Kier alpha value is 0.0200. The van der Waals surface area contributed by atoms with Crippen LogP contribution in [0.1, 0.15) is 38.5 Å². The van der Waals surface area contributed by atoms with Crippen molar-refractivity contribution in [3.05, 3.63) is 0 Å². The van der Waals surface area contributed by atoms with Gasteiger partial charge in [0.1, 0.15) is 6.29 Å². The molecule has 0 unspecified atom stereocenters. The summed E-state index contributed by atoms with van der Waals surface area (Å²) < 4.78 is 0.0556. The van der Waals surface area contributed by atoms with Gasteiger partial charge in [0.25, 0.3) is 0 Å². The first kappa shape index (κ1) is 8.12. The standard InChI is InChI=1S/C8H14OS/c9-7-6-8(10)4-2-1-3-5-8/h7,10H,1-6H2. The number of hydrogen-bond donors (Lipinski definition) is 1. The third kappa shape index (κ3) is 2.01. The Bertz CT molecular complexity index is 116. The van der Waals surface area contributed by atoms with Crippen molar-refractivity contribution in [3.63, 3.8) is 0 Å². The molecular weight excluding hydrogens is 144 g/mol. The second-order valence-electron chi connectivity index (χ2n) is 3.16. The molecule has 1 rings (SSSR count). The van der Waals surface area contributed by atoms with E-state index in [2.05, 4.69) is 12.6 Å². The molecule has 58 valence electrons. The van der Waals surface area contributed by atoms with Crippen LogP contribution < -0.4 is 0 Å². The fourth-order valence-electron chi connectivity index (χ4n) is 1.57. The van der Waals surface area contributed by atoms with Gasteiger partial charge in [0.15, 0.2) is 0 Å². The quantitative estimate of drug-likeness (QED) is 0.481. The average molecular weight is 158 g/mol. The summed E-state index contributed by atoms with van der Waals surface area (Å²) in [6.45, 7) is 0. The molecule has 0 spiro atoms. The van der Waals surface area contributed by atoms with Crippen LogP contribution in [-0.2, 0) is 4.79 Å². The summed E-state index contributed by atoms with van der Waals surface area (Å²) in [5.74, 6) is 0. The molecule has 0 aromatic heterocycles. The van der Waals surface area contributed by atoms with Crippen LogP contribution >= 0.6 is 12.6 Å². The van der Waals surface area contributed by atoms with Crippen LogP contribution in [0.15, 0.2) is 0 Å². The van der Waals surface area contributed by atoms with E-state index in [0.717, 1.165) is 19.1 Å². The van der Waals surface area contributed by atoms with Gasteiger partial charge in [0, 0.05) is 11.2 Å². The zero-order valence-electron chi connectivity index (χ0n) is 6.18. The Kier molecular flexibility index (Phi) is 2.78. The molecule has 10 heavy (non-hydrogen) atoms. The first-order chi connectivity index (χ1) is 4.77. The third-order valence-electron chi connectivity index (χ3n) is 2.25. The maximum absolute atomic E-state index is 10.2. The van der Waals surface area contributed by atoms with Crippen molar-refractivity contribution in [3.8, 4) is 0 Å². The van der Waals surface area contributed by atoms with Crippen molar-refractivity contribution < 1.29 is 4.79 Å². The van der Waals surface area contributed by atoms with Gasteiger partial charge in [-0.2, -0.15) is 12.6 Å². The smallest absolute Gasteiger partial charge is 0.121 e. The van der Waals surface area contributed by atoms with Gasteiger partial charge >= 0.3 is 0 Å². The van der Waals surface area contributed by atoms with Crippen LogP contribution in [0, 0.1) is 0 Å². The maximum Gasteiger partial charge on any atom is 0.121 e. The molecule has 0 radical (unpaired) electrons. The van der Waals surface area contributed by atoms with E-state index in [1.54, 1.807) is 0 Å². The molecule has 0 amide bonds. The van der Waals surface area contributed by atoms with E-state index in [0.29, 0.717) is 6.42 Å². The molecule has 0 heterocycles. The summed E-state index contributed by atoms with van der Waals surface area (Å²) >= 11 is 4.50. The summed E-state index contributed by atoms with van der Waals surface area (Å²) in [5, 5.41) is 0. The lowest BCUT2D eigenvalue weighted by Crippen LogP contribution is -2.25. The van der Waals surface area contributed by atoms with E-state index in [4.69, 9.17) is 0 Å². The number of thiol groups is 1. The third-order valence-corrected chi connectivity index (χ3v) is 2.88. The Morgan fingerprint density at radius 3 is 2.40 bits per heavy atom. The molecule has 1 saturated carbocycles. The Morgan fingerprint density at radius 1 is 1.30 bits per heavy atom. The van der Waals surface area contributed by atoms with Gasteiger partial charge in [-0.05, 0) is 12.8 Å². The van der Waals surface area contributed by atoms with Crippen LogP contribution in [0.25, 0.3) is 0 Å². The molecule has 0 atom stereocenters. The SMILES string of the molecule is O=CCC1(S)CCCCC1. The highest BCUT2D eigenvalue weighted by Gasteiger charge is 2.26. The molecule has 0 N–H and O–H groups in total. The van der Waals surface area contributed by atoms with E-state index in [1.165, 1.54) is 19.3 Å². The number of aldehydes is 1. The zero-order chi connectivity index (χ0) is 7.45. The van der Waals surface area contributed by atoms with Gasteiger partial charge in [-0.15, -0.1) is 0 Å². The van der Waals surface area contributed by atoms with Gasteiger partial charge in [-0.25, -0.2) is 0 Å². The molecule has 0 aromatic rings. The topological polar surface area (TPSA) is 17.1 Å². The minimum Gasteiger partial charge on any atom is -0.303 e. The Morgan fingerprint density at radius 2 is 1.90 bits per heavy atom. The van der Waals surface area contributed by atoms with Crippen LogP contribution in [-0.4, -0.2) is 11.0 Å². The van der Waals surface area contributed by atoms with Gasteiger partial charge in [-0.1, -0.05) is 19.3 Å². The summed E-state index contributed by atoms with van der Waals surface area (Å²) in [7, 11) is 0. The van der Waals surface area contributed by atoms with Crippen molar-refractivity contribution in [1.82, 2.24) is 0 Å². The molecule has 1 nitrogen and oxygen atoms in total. The predicted octanol–water partition coefficient (Wildman–Crippen LogP) is 2.21. The van der Waals surface area contributed by atoms with Crippen molar-refractivity contribution in [1.29, 1.82) is 0 Å². The molecule has 0 aliphatic heterocycles. The molecule has 0 aromatic carbocycles. The molecule has 2 heteroatoms. The first-order valence-electron chi connectivity index (χ1n) is 3.93. The van der Waals surface area contributed by atoms with E-state index >= 15 is 0 Å². The number of rotatable bonds is 2. The van der Waals surface area contributed by atoms with Crippen LogP contribution in [0.2, 0.25) is 0 Å². The average Bonchev–Trinajstić information content (AvgIpc) is 1.89. The highest BCUT2D eigenvalue weighted by Crippen LogP contribution is 2.35. The van der Waals surface area contributed by atoms with E-state index < -0.39 is 0 Å². The lowest BCUT2D eigenvalue weighted by atomic mass is 9.86.